The summed E-state index contributed by atoms with van der Waals surface area (Å²) in [6.07, 6.45) is 0.915. The van der Waals surface area contributed by atoms with Gasteiger partial charge in [-0.05, 0) is 13.8 Å². The van der Waals surface area contributed by atoms with Gasteiger partial charge in [0.25, 0.3) is 0 Å². The lowest BCUT2D eigenvalue weighted by Crippen LogP contribution is -2.28. The second-order valence-corrected chi connectivity index (χ2v) is 2.98. The second-order valence-electron chi connectivity index (χ2n) is 2.98. The maximum absolute atomic E-state index is 11.3. The van der Waals surface area contributed by atoms with Crippen molar-refractivity contribution in [3.63, 3.8) is 0 Å². The highest BCUT2D eigenvalue weighted by atomic mass is 16.5. The number of nitrogens with zero attached hydrogens (tertiary/aromatic N) is 1. The Morgan fingerprint density at radius 3 is 2.46 bits per heavy atom. The standard InChI is InChI=1S/C9H14NO3/c1-6-5-10(11)9(13-4)7(2)8(6)12-3/h5,9H,1-4H3/q+1. The Bertz CT molecular complexity index is 291. The SMILES string of the molecule is COC1=C(C)C(OC)[N+](=O)C=C1C. The largest absolute Gasteiger partial charge is 0.496 e. The highest BCUT2D eigenvalue weighted by Gasteiger charge is 2.33. The van der Waals surface area contributed by atoms with Gasteiger partial charge in [0.1, 0.15) is 5.76 Å². The lowest BCUT2D eigenvalue weighted by atomic mass is 10.1. The molecule has 0 aromatic rings. The topological polar surface area (TPSA) is 38.5 Å². The van der Waals surface area contributed by atoms with Crippen LogP contribution in [-0.2, 0) is 9.47 Å². The van der Waals surface area contributed by atoms with Gasteiger partial charge in [-0.1, -0.05) is 0 Å². The van der Waals surface area contributed by atoms with Gasteiger partial charge in [-0.2, -0.15) is 0 Å². The zero-order chi connectivity index (χ0) is 10.0. The maximum Gasteiger partial charge on any atom is 0.336 e. The smallest absolute Gasteiger partial charge is 0.336 e. The van der Waals surface area contributed by atoms with Crippen molar-refractivity contribution in [3.8, 4) is 0 Å². The Kier molecular flexibility index (Phi) is 2.83. The van der Waals surface area contributed by atoms with E-state index in [-0.39, 0.29) is 0 Å². The van der Waals surface area contributed by atoms with Crippen molar-refractivity contribution in [1.82, 2.24) is 0 Å². The zero-order valence-corrected chi connectivity index (χ0v) is 8.33. The molecule has 0 N–H and O–H groups in total. The van der Waals surface area contributed by atoms with Crippen LogP contribution in [0.15, 0.2) is 23.1 Å². The highest BCUT2D eigenvalue weighted by Crippen LogP contribution is 2.24. The van der Waals surface area contributed by atoms with Crippen molar-refractivity contribution in [2.45, 2.75) is 20.1 Å². The van der Waals surface area contributed by atoms with Crippen molar-refractivity contribution in [1.29, 1.82) is 0 Å². The van der Waals surface area contributed by atoms with Gasteiger partial charge in [-0.15, -0.1) is 0 Å². The molecule has 1 atom stereocenters. The summed E-state index contributed by atoms with van der Waals surface area (Å²) in [6, 6.07) is 0. The highest BCUT2D eigenvalue weighted by molar-refractivity contribution is 5.30. The molecule has 0 bridgehead atoms. The van der Waals surface area contributed by atoms with Crippen molar-refractivity contribution >= 4 is 0 Å². The number of allylic oxidation sites excluding steroid dienone is 1. The van der Waals surface area contributed by atoms with Gasteiger partial charge in [0.15, 0.2) is 0 Å². The lowest BCUT2D eigenvalue weighted by Gasteiger charge is -2.16. The van der Waals surface area contributed by atoms with Crippen LogP contribution in [0.4, 0.5) is 0 Å². The van der Waals surface area contributed by atoms with Crippen LogP contribution in [-0.4, -0.2) is 25.2 Å². The summed E-state index contributed by atoms with van der Waals surface area (Å²) in [6.45, 7) is 3.66. The molecule has 0 radical (unpaired) electrons. The molecule has 4 heteroatoms. The minimum atomic E-state index is -0.557. The molecule has 0 saturated heterocycles. The summed E-state index contributed by atoms with van der Waals surface area (Å²) < 4.78 is 11.0. The molecule has 0 aromatic heterocycles. The van der Waals surface area contributed by atoms with Gasteiger partial charge in [-0.3, -0.25) is 0 Å². The summed E-state index contributed by atoms with van der Waals surface area (Å²) in [5.74, 6) is 0.735. The normalized spacial score (nSPS) is 23.2. The number of hydrogen-bond acceptors (Lipinski definition) is 3. The van der Waals surface area contributed by atoms with Crippen molar-refractivity contribution in [3.05, 3.63) is 28.0 Å². The van der Waals surface area contributed by atoms with Crippen LogP contribution in [0.3, 0.4) is 0 Å². The van der Waals surface area contributed by atoms with E-state index in [2.05, 4.69) is 0 Å². The van der Waals surface area contributed by atoms with Crippen LogP contribution in [0, 0.1) is 4.91 Å². The first-order valence-electron chi connectivity index (χ1n) is 4.03. The number of hydrogen-bond donors (Lipinski definition) is 0. The van der Waals surface area contributed by atoms with E-state index >= 15 is 0 Å². The first-order valence-corrected chi connectivity index (χ1v) is 4.03. The van der Waals surface area contributed by atoms with Crippen LogP contribution in [0.5, 0.6) is 0 Å². The molecule has 1 aliphatic heterocycles. The molecule has 1 aliphatic rings. The number of methoxy groups -OCH3 is 2. The zero-order valence-electron chi connectivity index (χ0n) is 8.33. The van der Waals surface area contributed by atoms with Crippen LogP contribution < -0.4 is 0 Å². The fraction of sp³-hybridized carbons (Fsp3) is 0.556. The molecule has 0 amide bonds. The van der Waals surface area contributed by atoms with Gasteiger partial charge < -0.3 is 9.47 Å². The maximum atomic E-state index is 11.3. The van der Waals surface area contributed by atoms with Crippen LogP contribution >= 0.6 is 0 Å². The average molecular weight is 184 g/mol. The van der Waals surface area contributed by atoms with E-state index in [0.717, 1.165) is 21.7 Å². The van der Waals surface area contributed by atoms with Crippen LogP contribution in [0.25, 0.3) is 0 Å². The third kappa shape index (κ3) is 1.62. The van der Waals surface area contributed by atoms with E-state index in [9.17, 15) is 4.91 Å². The average Bonchev–Trinajstić information content (AvgIpc) is 2.04. The van der Waals surface area contributed by atoms with Gasteiger partial charge in [0, 0.05) is 12.0 Å². The van der Waals surface area contributed by atoms with Gasteiger partial charge in [0.05, 0.1) is 23.0 Å². The molecule has 0 spiro atoms. The predicted octanol–water partition coefficient (Wildman–Crippen LogP) is 1.58. The van der Waals surface area contributed by atoms with Gasteiger partial charge >= 0.3 is 6.23 Å². The van der Waals surface area contributed by atoms with E-state index in [1.165, 1.54) is 13.3 Å². The first kappa shape index (κ1) is 9.92. The molecule has 1 heterocycles. The Labute approximate surface area is 77.4 Å². The monoisotopic (exact) mass is 184 g/mol. The summed E-state index contributed by atoms with van der Waals surface area (Å²) in [5, 5.41) is 0. The molecule has 4 nitrogen and oxygen atoms in total. The minimum absolute atomic E-state index is 0.557. The lowest BCUT2D eigenvalue weighted by molar-refractivity contribution is -0.563. The van der Waals surface area contributed by atoms with Crippen molar-refractivity contribution in [2.24, 2.45) is 0 Å². The molecular formula is C9H14NO3+. The molecule has 0 saturated carbocycles. The summed E-state index contributed by atoms with van der Waals surface area (Å²) in [5.41, 5.74) is 1.63. The van der Waals surface area contributed by atoms with E-state index < -0.39 is 6.23 Å². The fourth-order valence-electron chi connectivity index (χ4n) is 1.53. The van der Waals surface area contributed by atoms with Crippen LogP contribution in [0.1, 0.15) is 13.8 Å². The number of nitroso groups, excluding NO2 is 1. The third-order valence-corrected chi connectivity index (χ3v) is 2.07. The van der Waals surface area contributed by atoms with E-state index in [0.29, 0.717) is 0 Å². The molecule has 0 fully saturated rings. The molecule has 0 aromatic carbocycles. The van der Waals surface area contributed by atoms with Crippen molar-refractivity contribution < 1.29 is 14.2 Å². The molecule has 72 valence electrons. The van der Waals surface area contributed by atoms with E-state index in [4.69, 9.17) is 9.47 Å². The first-order chi connectivity index (χ1) is 6.11. The molecule has 0 aliphatic carbocycles. The summed E-state index contributed by atoms with van der Waals surface area (Å²) >= 11 is 0. The fourth-order valence-corrected chi connectivity index (χ4v) is 1.53. The van der Waals surface area contributed by atoms with Gasteiger partial charge in [-0.25, -0.2) is 0 Å². The van der Waals surface area contributed by atoms with E-state index in [1.54, 1.807) is 7.11 Å². The summed E-state index contributed by atoms with van der Waals surface area (Å²) in [7, 11) is 3.09. The Balaban J connectivity index is 3.10. The molecule has 13 heavy (non-hydrogen) atoms. The predicted molar refractivity (Wildman–Crippen MR) is 47.9 cm³/mol. The van der Waals surface area contributed by atoms with Crippen molar-refractivity contribution in [2.75, 3.05) is 14.2 Å². The quantitative estimate of drug-likeness (QED) is 0.611. The molecular weight excluding hydrogens is 170 g/mol. The Hall–Kier alpha value is -1.16. The van der Waals surface area contributed by atoms with Crippen LogP contribution in [0.2, 0.25) is 0 Å². The third-order valence-electron chi connectivity index (χ3n) is 2.07. The number of ether oxygens (including phenoxy) is 2. The molecule has 1 unspecified atom stereocenters. The number of rotatable bonds is 2. The Morgan fingerprint density at radius 2 is 2.00 bits per heavy atom. The second kappa shape index (κ2) is 3.70. The summed E-state index contributed by atoms with van der Waals surface area (Å²) in [4.78, 5) is 11.3. The molecule has 1 rings (SSSR count). The Morgan fingerprint density at radius 1 is 1.38 bits per heavy atom. The van der Waals surface area contributed by atoms with E-state index in [1.807, 2.05) is 13.8 Å². The minimum Gasteiger partial charge on any atom is -0.496 e. The van der Waals surface area contributed by atoms with Gasteiger partial charge in [0.2, 0.25) is 6.20 Å².